The van der Waals surface area contributed by atoms with Crippen molar-refractivity contribution in [2.45, 2.75) is 13.3 Å². The number of hydrogen-bond donors (Lipinski definition) is 1. The lowest BCUT2D eigenvalue weighted by atomic mass is 10.2. The van der Waals surface area contributed by atoms with Crippen LogP contribution >= 0.6 is 15.9 Å². The van der Waals surface area contributed by atoms with Crippen LogP contribution in [0.15, 0.2) is 40.9 Å². The van der Waals surface area contributed by atoms with Crippen LogP contribution in [0.2, 0.25) is 0 Å². The molecule has 0 aliphatic heterocycles. The molecule has 0 amide bonds. The number of nitrogen functional groups attached to an aromatic ring is 1. The van der Waals surface area contributed by atoms with Crippen LogP contribution in [0.5, 0.6) is 0 Å². The Hall–Kier alpha value is -2.32. The SMILES string of the molecule is CCc1nc2cc(N)ccc2n1-c1ccc(C#N)cc1Br. The molecular weight excluding hydrogens is 328 g/mol. The number of nitriles is 1. The van der Waals surface area contributed by atoms with E-state index in [0.29, 0.717) is 11.3 Å². The van der Waals surface area contributed by atoms with Gasteiger partial charge in [-0.15, -0.1) is 0 Å². The summed E-state index contributed by atoms with van der Waals surface area (Å²) in [5.41, 5.74) is 10.0. The molecule has 3 aromatic rings. The van der Waals surface area contributed by atoms with Crippen molar-refractivity contribution >= 4 is 32.7 Å². The standard InChI is InChI=1S/C16H13BrN4/c1-2-16-20-13-8-11(19)4-6-15(13)21(16)14-5-3-10(9-18)7-12(14)17/h3-8H,2,19H2,1H3. The zero-order valence-electron chi connectivity index (χ0n) is 11.5. The van der Waals surface area contributed by atoms with Crippen LogP contribution in [0, 0.1) is 11.3 Å². The van der Waals surface area contributed by atoms with Crippen molar-refractivity contribution in [2.75, 3.05) is 5.73 Å². The predicted octanol–water partition coefficient (Wildman–Crippen LogP) is 3.80. The summed E-state index contributed by atoms with van der Waals surface area (Å²) in [4.78, 5) is 4.65. The summed E-state index contributed by atoms with van der Waals surface area (Å²) in [6.07, 6.45) is 0.807. The van der Waals surface area contributed by atoms with Gasteiger partial charge in [-0.3, -0.25) is 4.57 Å². The van der Waals surface area contributed by atoms with Crippen LogP contribution in [0.4, 0.5) is 5.69 Å². The van der Waals surface area contributed by atoms with Gasteiger partial charge < -0.3 is 5.73 Å². The minimum absolute atomic E-state index is 0.623. The molecule has 0 saturated carbocycles. The smallest absolute Gasteiger partial charge is 0.114 e. The van der Waals surface area contributed by atoms with E-state index >= 15 is 0 Å². The van der Waals surface area contributed by atoms with E-state index in [1.54, 1.807) is 0 Å². The average molecular weight is 341 g/mol. The van der Waals surface area contributed by atoms with E-state index in [1.807, 2.05) is 36.4 Å². The molecule has 0 aliphatic rings. The third kappa shape index (κ3) is 2.28. The van der Waals surface area contributed by atoms with Gasteiger partial charge in [-0.2, -0.15) is 5.26 Å². The molecule has 3 rings (SSSR count). The first-order chi connectivity index (χ1) is 10.1. The van der Waals surface area contributed by atoms with Crippen molar-refractivity contribution < 1.29 is 0 Å². The first-order valence-corrected chi connectivity index (χ1v) is 7.40. The van der Waals surface area contributed by atoms with Crippen LogP contribution in [0.1, 0.15) is 18.3 Å². The Morgan fingerprint density at radius 3 is 2.76 bits per heavy atom. The number of hydrogen-bond acceptors (Lipinski definition) is 3. The van der Waals surface area contributed by atoms with Gasteiger partial charge in [0.05, 0.1) is 28.4 Å². The largest absolute Gasteiger partial charge is 0.399 e. The molecule has 4 nitrogen and oxygen atoms in total. The summed E-state index contributed by atoms with van der Waals surface area (Å²) in [5, 5.41) is 8.98. The summed E-state index contributed by atoms with van der Waals surface area (Å²) in [5.74, 6) is 0.959. The Bertz CT molecular complexity index is 874. The quantitative estimate of drug-likeness (QED) is 0.721. The van der Waals surface area contributed by atoms with Gasteiger partial charge in [-0.05, 0) is 52.3 Å². The van der Waals surface area contributed by atoms with Crippen LogP contribution in [0.3, 0.4) is 0 Å². The molecule has 1 aromatic heterocycles. The zero-order chi connectivity index (χ0) is 15.0. The molecule has 0 saturated heterocycles. The van der Waals surface area contributed by atoms with Crippen molar-refractivity contribution in [2.24, 2.45) is 0 Å². The first kappa shape index (κ1) is 13.7. The number of rotatable bonds is 2. The van der Waals surface area contributed by atoms with Crippen molar-refractivity contribution in [3.05, 3.63) is 52.3 Å². The third-order valence-electron chi connectivity index (χ3n) is 3.38. The van der Waals surface area contributed by atoms with Crippen LogP contribution < -0.4 is 5.73 Å². The van der Waals surface area contributed by atoms with Gasteiger partial charge >= 0.3 is 0 Å². The molecule has 21 heavy (non-hydrogen) atoms. The number of benzene rings is 2. The number of anilines is 1. The molecule has 0 unspecified atom stereocenters. The lowest BCUT2D eigenvalue weighted by Gasteiger charge is -2.10. The molecule has 0 spiro atoms. The van der Waals surface area contributed by atoms with Crippen LogP contribution in [0.25, 0.3) is 16.7 Å². The summed E-state index contributed by atoms with van der Waals surface area (Å²) in [6.45, 7) is 2.07. The molecule has 2 aromatic carbocycles. The van der Waals surface area contributed by atoms with Gasteiger partial charge in [0, 0.05) is 16.6 Å². The lowest BCUT2D eigenvalue weighted by molar-refractivity contribution is 0.905. The number of halogens is 1. The maximum absolute atomic E-state index is 8.98. The fourth-order valence-electron chi connectivity index (χ4n) is 2.41. The maximum atomic E-state index is 8.98. The maximum Gasteiger partial charge on any atom is 0.114 e. The second-order valence-corrected chi connectivity index (χ2v) is 5.60. The van der Waals surface area contributed by atoms with Crippen molar-refractivity contribution in [1.82, 2.24) is 9.55 Å². The van der Waals surface area contributed by atoms with E-state index in [2.05, 4.69) is 38.5 Å². The van der Waals surface area contributed by atoms with Gasteiger partial charge in [-0.1, -0.05) is 6.92 Å². The Labute approximate surface area is 131 Å². The van der Waals surface area contributed by atoms with E-state index in [4.69, 9.17) is 11.0 Å². The first-order valence-electron chi connectivity index (χ1n) is 6.61. The Morgan fingerprint density at radius 2 is 2.10 bits per heavy atom. The molecule has 0 radical (unpaired) electrons. The fraction of sp³-hybridized carbons (Fsp3) is 0.125. The summed E-state index contributed by atoms with van der Waals surface area (Å²) in [7, 11) is 0. The number of aryl methyl sites for hydroxylation is 1. The average Bonchev–Trinajstić information content (AvgIpc) is 2.84. The van der Waals surface area contributed by atoms with E-state index in [1.165, 1.54) is 0 Å². The topological polar surface area (TPSA) is 67.6 Å². The molecule has 0 bridgehead atoms. The summed E-state index contributed by atoms with van der Waals surface area (Å²) < 4.78 is 2.97. The molecule has 2 N–H and O–H groups in total. The van der Waals surface area contributed by atoms with E-state index in [0.717, 1.165) is 33.4 Å². The Balaban J connectivity index is 2.31. The molecule has 0 aliphatic carbocycles. The highest BCUT2D eigenvalue weighted by molar-refractivity contribution is 9.10. The molecule has 1 heterocycles. The highest BCUT2D eigenvalue weighted by atomic mass is 79.9. The number of aromatic nitrogens is 2. The second-order valence-electron chi connectivity index (χ2n) is 4.74. The third-order valence-corrected chi connectivity index (χ3v) is 4.02. The van der Waals surface area contributed by atoms with Crippen LogP contribution in [-0.4, -0.2) is 9.55 Å². The van der Waals surface area contributed by atoms with Gasteiger partial charge in [0.2, 0.25) is 0 Å². The summed E-state index contributed by atoms with van der Waals surface area (Å²) in [6, 6.07) is 13.4. The molecule has 0 fully saturated rings. The van der Waals surface area contributed by atoms with E-state index in [9.17, 15) is 0 Å². The fourth-order valence-corrected chi connectivity index (χ4v) is 2.97. The second kappa shape index (κ2) is 5.23. The molecule has 0 atom stereocenters. The molecular formula is C16H13BrN4. The van der Waals surface area contributed by atoms with Crippen LogP contribution in [-0.2, 0) is 6.42 Å². The minimum atomic E-state index is 0.623. The van der Waals surface area contributed by atoms with E-state index in [-0.39, 0.29) is 0 Å². The number of nitrogens with zero attached hydrogens (tertiary/aromatic N) is 3. The van der Waals surface area contributed by atoms with Crippen molar-refractivity contribution in [3.63, 3.8) is 0 Å². The summed E-state index contributed by atoms with van der Waals surface area (Å²) >= 11 is 3.55. The highest BCUT2D eigenvalue weighted by Gasteiger charge is 2.13. The Morgan fingerprint density at radius 1 is 1.29 bits per heavy atom. The Kier molecular flexibility index (Phi) is 3.40. The normalized spacial score (nSPS) is 10.7. The van der Waals surface area contributed by atoms with Gasteiger partial charge in [0.1, 0.15) is 5.82 Å². The van der Waals surface area contributed by atoms with E-state index < -0.39 is 0 Å². The molecule has 5 heteroatoms. The zero-order valence-corrected chi connectivity index (χ0v) is 13.1. The highest BCUT2D eigenvalue weighted by Crippen LogP contribution is 2.29. The van der Waals surface area contributed by atoms with Crippen molar-refractivity contribution in [1.29, 1.82) is 5.26 Å². The van der Waals surface area contributed by atoms with Gasteiger partial charge in [-0.25, -0.2) is 4.98 Å². The number of nitrogens with two attached hydrogens (primary N) is 1. The minimum Gasteiger partial charge on any atom is -0.399 e. The van der Waals surface area contributed by atoms with Crippen molar-refractivity contribution in [3.8, 4) is 11.8 Å². The van der Waals surface area contributed by atoms with Gasteiger partial charge in [0.15, 0.2) is 0 Å². The number of fused-ring (bicyclic) bond motifs is 1. The molecule has 104 valence electrons. The lowest BCUT2D eigenvalue weighted by Crippen LogP contribution is -2.01. The monoisotopic (exact) mass is 340 g/mol. The number of imidazole rings is 1. The van der Waals surface area contributed by atoms with Gasteiger partial charge in [0.25, 0.3) is 0 Å². The predicted molar refractivity (Wildman–Crippen MR) is 87.3 cm³/mol.